The van der Waals surface area contributed by atoms with Gasteiger partial charge >= 0.3 is 0 Å². The lowest BCUT2D eigenvalue weighted by molar-refractivity contribution is 0.0947. The quantitative estimate of drug-likeness (QED) is 0.654. The summed E-state index contributed by atoms with van der Waals surface area (Å²) in [7, 11) is 0. The molecule has 2 aromatic heterocycles. The molecule has 1 aromatic carbocycles. The second-order valence-corrected chi connectivity index (χ2v) is 6.72. The number of carbonyl (C=O) groups excluding carboxylic acids is 1. The zero-order valence-electron chi connectivity index (χ0n) is 13.5. The first-order valence-corrected chi connectivity index (χ1v) is 9.01. The molecule has 3 aromatic rings. The number of amides is 1. The van der Waals surface area contributed by atoms with Crippen LogP contribution in [0.25, 0.3) is 0 Å². The second-order valence-electron chi connectivity index (χ2n) is 5.35. The fourth-order valence-corrected chi connectivity index (χ4v) is 3.29. The normalized spacial score (nSPS) is 10.6. The van der Waals surface area contributed by atoms with E-state index in [1.165, 1.54) is 11.8 Å². The number of hydrogen-bond acceptors (Lipinski definition) is 5. The van der Waals surface area contributed by atoms with Gasteiger partial charge in [0.05, 0.1) is 11.3 Å². The molecule has 7 heteroatoms. The second kappa shape index (κ2) is 8.18. The van der Waals surface area contributed by atoms with E-state index in [0.29, 0.717) is 27.9 Å². The minimum absolute atomic E-state index is 0.188. The molecule has 0 unspecified atom stereocenters. The first-order chi connectivity index (χ1) is 12.1. The van der Waals surface area contributed by atoms with Crippen molar-refractivity contribution in [1.29, 1.82) is 0 Å². The topological polar surface area (TPSA) is 68.0 Å². The van der Waals surface area contributed by atoms with Gasteiger partial charge in [-0.25, -0.2) is 4.98 Å². The van der Waals surface area contributed by atoms with Crippen LogP contribution in [0.1, 0.15) is 27.4 Å². The highest BCUT2D eigenvalue weighted by Crippen LogP contribution is 2.24. The summed E-state index contributed by atoms with van der Waals surface area (Å²) in [6, 6.07) is 12.8. The van der Waals surface area contributed by atoms with Crippen molar-refractivity contribution in [2.75, 3.05) is 0 Å². The number of nitrogens with zero attached hydrogens (tertiary/aromatic N) is 2. The number of benzene rings is 1. The molecule has 0 saturated carbocycles. The van der Waals surface area contributed by atoms with E-state index in [0.717, 1.165) is 17.0 Å². The van der Waals surface area contributed by atoms with Crippen LogP contribution in [-0.4, -0.2) is 16.0 Å². The molecule has 0 spiro atoms. The van der Waals surface area contributed by atoms with Crippen molar-refractivity contribution in [2.45, 2.75) is 24.2 Å². The third-order valence-electron chi connectivity index (χ3n) is 3.45. The molecule has 0 radical (unpaired) electrons. The predicted octanol–water partition coefficient (Wildman–Crippen LogP) is 4.25. The van der Waals surface area contributed by atoms with Gasteiger partial charge in [-0.3, -0.25) is 4.79 Å². The van der Waals surface area contributed by atoms with Crippen LogP contribution < -0.4 is 5.32 Å². The van der Waals surface area contributed by atoms with Gasteiger partial charge in [0.2, 0.25) is 0 Å². The molecule has 25 heavy (non-hydrogen) atoms. The van der Waals surface area contributed by atoms with E-state index in [2.05, 4.69) is 15.5 Å². The fraction of sp³-hybridized carbons (Fsp3) is 0.167. The molecule has 128 valence electrons. The summed E-state index contributed by atoms with van der Waals surface area (Å²) in [5.41, 5.74) is 2.21. The van der Waals surface area contributed by atoms with E-state index >= 15 is 0 Å². The Balaban J connectivity index is 1.67. The van der Waals surface area contributed by atoms with Crippen LogP contribution in [0, 0.1) is 6.92 Å². The molecule has 0 aliphatic carbocycles. The van der Waals surface area contributed by atoms with Crippen molar-refractivity contribution in [3.05, 3.63) is 76.3 Å². The van der Waals surface area contributed by atoms with Crippen LogP contribution in [0.3, 0.4) is 0 Å². The van der Waals surface area contributed by atoms with Gasteiger partial charge in [0.15, 0.2) is 0 Å². The number of pyridine rings is 1. The molecule has 0 saturated heterocycles. The first-order valence-electron chi connectivity index (χ1n) is 7.65. The van der Waals surface area contributed by atoms with Crippen molar-refractivity contribution < 1.29 is 9.32 Å². The first kappa shape index (κ1) is 17.5. The van der Waals surface area contributed by atoms with E-state index < -0.39 is 0 Å². The number of aromatic nitrogens is 2. The van der Waals surface area contributed by atoms with Gasteiger partial charge in [-0.1, -0.05) is 46.7 Å². The smallest absolute Gasteiger partial charge is 0.254 e. The Morgan fingerprint density at radius 3 is 2.88 bits per heavy atom. The number of carbonyl (C=O) groups is 1. The van der Waals surface area contributed by atoms with Crippen molar-refractivity contribution >= 4 is 29.3 Å². The molecule has 5 nitrogen and oxygen atoms in total. The van der Waals surface area contributed by atoms with Gasteiger partial charge in [-0.05, 0) is 30.7 Å². The van der Waals surface area contributed by atoms with E-state index in [4.69, 9.17) is 16.1 Å². The number of thioether (sulfide) groups is 1. The lowest BCUT2D eigenvalue weighted by atomic mass is 10.2. The average molecular weight is 374 g/mol. The van der Waals surface area contributed by atoms with Crippen LogP contribution in [0.15, 0.2) is 58.2 Å². The number of aryl methyl sites for hydroxylation is 1. The van der Waals surface area contributed by atoms with Crippen molar-refractivity contribution in [2.24, 2.45) is 0 Å². The van der Waals surface area contributed by atoms with E-state index in [1.54, 1.807) is 24.4 Å². The van der Waals surface area contributed by atoms with E-state index in [1.807, 2.05) is 31.2 Å². The predicted molar refractivity (Wildman–Crippen MR) is 97.7 cm³/mol. The molecule has 2 heterocycles. The number of hydrogen-bond donors (Lipinski definition) is 1. The van der Waals surface area contributed by atoms with Crippen LogP contribution in [0.4, 0.5) is 0 Å². The Morgan fingerprint density at radius 1 is 1.28 bits per heavy atom. The summed E-state index contributed by atoms with van der Waals surface area (Å²) in [6.07, 6.45) is 1.67. The van der Waals surface area contributed by atoms with Gasteiger partial charge in [0, 0.05) is 29.6 Å². The highest BCUT2D eigenvalue weighted by molar-refractivity contribution is 7.98. The molecular weight excluding hydrogens is 358 g/mol. The average Bonchev–Trinajstić information content (AvgIpc) is 3.04. The van der Waals surface area contributed by atoms with Crippen molar-refractivity contribution in [1.82, 2.24) is 15.5 Å². The Hall–Kier alpha value is -2.31. The lowest BCUT2D eigenvalue weighted by Crippen LogP contribution is -2.23. The molecule has 1 N–H and O–H groups in total. The third-order valence-corrected chi connectivity index (χ3v) is 4.85. The summed E-state index contributed by atoms with van der Waals surface area (Å²) < 4.78 is 5.05. The monoisotopic (exact) mass is 373 g/mol. The Bertz CT molecular complexity index is 882. The summed E-state index contributed by atoms with van der Waals surface area (Å²) in [4.78, 5) is 16.8. The van der Waals surface area contributed by atoms with Gasteiger partial charge < -0.3 is 9.84 Å². The molecular formula is C18H16ClN3O2S. The van der Waals surface area contributed by atoms with Gasteiger partial charge in [-0.2, -0.15) is 0 Å². The van der Waals surface area contributed by atoms with E-state index in [9.17, 15) is 4.79 Å². The molecule has 0 bridgehead atoms. The molecule has 0 fully saturated rings. The fourth-order valence-electron chi connectivity index (χ4n) is 2.22. The zero-order chi connectivity index (χ0) is 17.6. The van der Waals surface area contributed by atoms with Crippen LogP contribution in [-0.2, 0) is 12.3 Å². The lowest BCUT2D eigenvalue weighted by Gasteiger charge is -2.09. The molecule has 3 rings (SSSR count). The Kier molecular flexibility index (Phi) is 5.73. The standard InChI is InChI=1S/C18H16ClN3O2S/c1-12-9-14(22-24-12)11-25-18-15(6-4-8-20-18)17(23)21-10-13-5-2-3-7-16(13)19/h2-9H,10-11H2,1H3,(H,21,23). The summed E-state index contributed by atoms with van der Waals surface area (Å²) in [5, 5.41) is 8.12. The van der Waals surface area contributed by atoms with Crippen LogP contribution in [0.2, 0.25) is 5.02 Å². The minimum atomic E-state index is -0.188. The number of halogens is 1. The zero-order valence-corrected chi connectivity index (χ0v) is 15.1. The minimum Gasteiger partial charge on any atom is -0.361 e. The Labute approximate surface area is 154 Å². The highest BCUT2D eigenvalue weighted by Gasteiger charge is 2.14. The molecule has 1 amide bonds. The van der Waals surface area contributed by atoms with Gasteiger partial charge in [0.1, 0.15) is 10.8 Å². The maximum Gasteiger partial charge on any atom is 0.254 e. The van der Waals surface area contributed by atoms with Crippen LogP contribution in [0.5, 0.6) is 0 Å². The summed E-state index contributed by atoms with van der Waals surface area (Å²) in [6.45, 7) is 2.20. The van der Waals surface area contributed by atoms with E-state index in [-0.39, 0.29) is 5.91 Å². The number of rotatable bonds is 6. The summed E-state index contributed by atoms with van der Waals surface area (Å²) in [5.74, 6) is 1.15. The maximum atomic E-state index is 12.5. The number of nitrogens with one attached hydrogen (secondary N) is 1. The van der Waals surface area contributed by atoms with Crippen molar-refractivity contribution in [3.8, 4) is 0 Å². The van der Waals surface area contributed by atoms with Gasteiger partial charge in [-0.15, -0.1) is 0 Å². The summed E-state index contributed by atoms with van der Waals surface area (Å²) >= 11 is 7.57. The largest absolute Gasteiger partial charge is 0.361 e. The SMILES string of the molecule is Cc1cc(CSc2ncccc2C(=O)NCc2ccccc2Cl)no1. The van der Waals surface area contributed by atoms with Crippen molar-refractivity contribution in [3.63, 3.8) is 0 Å². The maximum absolute atomic E-state index is 12.5. The molecule has 0 aliphatic heterocycles. The Morgan fingerprint density at radius 2 is 2.12 bits per heavy atom. The van der Waals surface area contributed by atoms with Crippen LogP contribution >= 0.6 is 23.4 Å². The highest BCUT2D eigenvalue weighted by atomic mass is 35.5. The van der Waals surface area contributed by atoms with Gasteiger partial charge in [0.25, 0.3) is 5.91 Å². The molecule has 0 aliphatic rings. The molecule has 0 atom stereocenters. The third kappa shape index (κ3) is 4.61.